The first-order valence-corrected chi connectivity index (χ1v) is 15.5. The van der Waals surface area contributed by atoms with E-state index in [-0.39, 0.29) is 23.4 Å². The van der Waals surface area contributed by atoms with E-state index in [9.17, 15) is 18.0 Å². The van der Waals surface area contributed by atoms with Crippen molar-refractivity contribution in [2.75, 3.05) is 18.0 Å². The van der Waals surface area contributed by atoms with E-state index in [1.54, 1.807) is 44.4 Å². The van der Waals surface area contributed by atoms with Gasteiger partial charge in [-0.25, -0.2) is 8.42 Å². The van der Waals surface area contributed by atoms with Crippen LogP contribution < -0.4 is 14.4 Å². The number of halogens is 1. The van der Waals surface area contributed by atoms with Crippen LogP contribution in [-0.2, 0) is 26.2 Å². The summed E-state index contributed by atoms with van der Waals surface area (Å²) in [5.74, 6) is -0.165. The average Bonchev–Trinajstić information content (AvgIpc) is 3.47. The fourth-order valence-corrected chi connectivity index (χ4v) is 6.52. The number of carbonyl (C=O) groups excluding carboxylic acids is 2. The number of sulfonamides is 1. The van der Waals surface area contributed by atoms with Gasteiger partial charge in [-0.2, -0.15) is 0 Å². The zero-order valence-corrected chi connectivity index (χ0v) is 25.1. The van der Waals surface area contributed by atoms with Crippen LogP contribution in [0.1, 0.15) is 43.7 Å². The van der Waals surface area contributed by atoms with Crippen molar-refractivity contribution in [2.24, 2.45) is 0 Å². The number of nitrogens with one attached hydrogen (secondary N) is 1. The number of aryl methyl sites for hydroxylation is 1. The second-order valence-corrected chi connectivity index (χ2v) is 12.6. The Hall–Kier alpha value is -3.56. The van der Waals surface area contributed by atoms with Crippen LogP contribution >= 0.6 is 11.6 Å². The molecular formula is C31H36ClN3O5S. The number of ether oxygens (including phenoxy) is 1. The number of hydrogen-bond acceptors (Lipinski definition) is 5. The van der Waals surface area contributed by atoms with Gasteiger partial charge in [-0.3, -0.25) is 13.9 Å². The fraction of sp³-hybridized carbons (Fsp3) is 0.355. The van der Waals surface area contributed by atoms with Crippen molar-refractivity contribution in [2.45, 2.75) is 63.1 Å². The van der Waals surface area contributed by atoms with Gasteiger partial charge in [-0.05, 0) is 86.3 Å². The summed E-state index contributed by atoms with van der Waals surface area (Å²) in [6.45, 7) is 3.12. The Morgan fingerprint density at radius 3 is 2.37 bits per heavy atom. The van der Waals surface area contributed by atoms with Gasteiger partial charge in [0.15, 0.2) is 0 Å². The molecule has 10 heteroatoms. The van der Waals surface area contributed by atoms with Gasteiger partial charge in [0.1, 0.15) is 18.3 Å². The van der Waals surface area contributed by atoms with Crippen molar-refractivity contribution in [3.8, 4) is 5.75 Å². The SMILES string of the molecule is COc1cccc(CN(C(=O)CN(c2cccc(C)c2)S(=O)(=O)c2ccc(Cl)cc2)C(C)C(=O)NC2CCCC2)c1. The van der Waals surface area contributed by atoms with E-state index < -0.39 is 28.5 Å². The normalized spacial score (nSPS) is 14.3. The molecule has 0 heterocycles. The predicted molar refractivity (Wildman–Crippen MR) is 161 cm³/mol. The number of benzene rings is 3. The van der Waals surface area contributed by atoms with E-state index in [0.29, 0.717) is 16.5 Å². The van der Waals surface area contributed by atoms with E-state index in [1.807, 2.05) is 25.1 Å². The predicted octanol–water partition coefficient (Wildman–Crippen LogP) is 5.33. The first-order valence-electron chi connectivity index (χ1n) is 13.7. The second kappa shape index (κ2) is 13.4. The lowest BCUT2D eigenvalue weighted by Gasteiger charge is -2.32. The second-order valence-electron chi connectivity index (χ2n) is 10.3. The fourth-order valence-electron chi connectivity index (χ4n) is 4.99. The maximum absolute atomic E-state index is 14.1. The number of carbonyl (C=O) groups is 2. The molecule has 1 N–H and O–H groups in total. The van der Waals surface area contributed by atoms with Crippen LogP contribution in [0, 0.1) is 6.92 Å². The minimum Gasteiger partial charge on any atom is -0.497 e. The molecule has 1 atom stereocenters. The van der Waals surface area contributed by atoms with Crippen molar-refractivity contribution in [3.63, 3.8) is 0 Å². The van der Waals surface area contributed by atoms with E-state index in [1.165, 1.54) is 29.2 Å². The Labute approximate surface area is 247 Å². The largest absolute Gasteiger partial charge is 0.497 e. The number of hydrogen-bond donors (Lipinski definition) is 1. The molecule has 0 aromatic heterocycles. The maximum atomic E-state index is 14.1. The van der Waals surface area contributed by atoms with Gasteiger partial charge in [0.05, 0.1) is 17.7 Å². The van der Waals surface area contributed by atoms with Crippen molar-refractivity contribution in [1.82, 2.24) is 10.2 Å². The van der Waals surface area contributed by atoms with Crippen LogP contribution in [0.25, 0.3) is 0 Å². The third kappa shape index (κ3) is 7.59. The molecule has 0 aliphatic heterocycles. The van der Waals surface area contributed by atoms with Crippen molar-refractivity contribution in [3.05, 3.63) is 88.9 Å². The highest BCUT2D eigenvalue weighted by Crippen LogP contribution is 2.27. The standard InChI is InChI=1S/C31H36ClN3O5S/c1-22-8-6-12-27(18-22)35(41(38,39)29-16-14-25(32)15-17-29)21-30(36)34(20-24-9-7-13-28(19-24)40-3)23(2)31(37)33-26-10-4-5-11-26/h6-9,12-19,23,26H,4-5,10-11,20-21H2,1-3H3,(H,33,37). The molecule has 0 spiro atoms. The Morgan fingerprint density at radius 2 is 1.71 bits per heavy atom. The molecule has 0 radical (unpaired) electrons. The summed E-state index contributed by atoms with van der Waals surface area (Å²) >= 11 is 6.01. The molecule has 1 unspecified atom stereocenters. The monoisotopic (exact) mass is 597 g/mol. The Balaban J connectivity index is 1.69. The van der Waals surface area contributed by atoms with E-state index in [2.05, 4.69) is 5.32 Å². The molecule has 1 saturated carbocycles. The van der Waals surface area contributed by atoms with Crippen molar-refractivity contribution < 1.29 is 22.7 Å². The zero-order valence-electron chi connectivity index (χ0n) is 23.5. The van der Waals surface area contributed by atoms with Crippen molar-refractivity contribution in [1.29, 1.82) is 0 Å². The number of amides is 2. The topological polar surface area (TPSA) is 96.0 Å². The Morgan fingerprint density at radius 1 is 1.02 bits per heavy atom. The molecule has 1 aliphatic carbocycles. The average molecular weight is 598 g/mol. The molecule has 0 saturated heterocycles. The van der Waals surface area contributed by atoms with Gasteiger partial charge < -0.3 is 15.0 Å². The highest BCUT2D eigenvalue weighted by atomic mass is 35.5. The van der Waals surface area contributed by atoms with Crippen LogP contribution in [-0.4, -0.2) is 50.9 Å². The van der Waals surface area contributed by atoms with Crippen LogP contribution in [0.15, 0.2) is 77.7 Å². The highest BCUT2D eigenvalue weighted by Gasteiger charge is 2.33. The van der Waals surface area contributed by atoms with Gasteiger partial charge in [0.25, 0.3) is 10.0 Å². The van der Waals surface area contributed by atoms with Crippen LogP contribution in [0.3, 0.4) is 0 Å². The molecule has 0 bridgehead atoms. The summed E-state index contributed by atoms with van der Waals surface area (Å²) in [6, 6.07) is 19.2. The summed E-state index contributed by atoms with van der Waals surface area (Å²) in [5, 5.41) is 3.47. The van der Waals surface area contributed by atoms with Gasteiger partial charge in [-0.1, -0.05) is 48.7 Å². The molecule has 1 fully saturated rings. The minimum atomic E-state index is -4.16. The highest BCUT2D eigenvalue weighted by molar-refractivity contribution is 7.92. The molecule has 218 valence electrons. The third-order valence-electron chi connectivity index (χ3n) is 7.33. The maximum Gasteiger partial charge on any atom is 0.264 e. The molecule has 41 heavy (non-hydrogen) atoms. The lowest BCUT2D eigenvalue weighted by atomic mass is 10.1. The summed E-state index contributed by atoms with van der Waals surface area (Å²) in [5.41, 5.74) is 1.93. The molecule has 3 aromatic rings. The molecule has 4 rings (SSSR count). The summed E-state index contributed by atoms with van der Waals surface area (Å²) in [7, 11) is -2.60. The van der Waals surface area contributed by atoms with Gasteiger partial charge in [0, 0.05) is 17.6 Å². The number of methoxy groups -OCH3 is 1. The summed E-state index contributed by atoms with van der Waals surface area (Å²) < 4.78 is 34.2. The van der Waals surface area contributed by atoms with E-state index >= 15 is 0 Å². The van der Waals surface area contributed by atoms with Gasteiger partial charge in [-0.15, -0.1) is 0 Å². The first-order chi connectivity index (χ1) is 19.6. The zero-order chi connectivity index (χ0) is 29.6. The lowest BCUT2D eigenvalue weighted by Crippen LogP contribution is -2.52. The van der Waals surface area contributed by atoms with Crippen LogP contribution in [0.4, 0.5) is 5.69 Å². The minimum absolute atomic E-state index is 0.00239. The van der Waals surface area contributed by atoms with E-state index in [0.717, 1.165) is 41.1 Å². The summed E-state index contributed by atoms with van der Waals surface area (Å²) in [4.78, 5) is 28.8. The quantitative estimate of drug-likeness (QED) is 0.322. The number of nitrogens with zero attached hydrogens (tertiary/aromatic N) is 2. The Kier molecular flexibility index (Phi) is 9.94. The van der Waals surface area contributed by atoms with Crippen molar-refractivity contribution >= 4 is 39.1 Å². The summed E-state index contributed by atoms with van der Waals surface area (Å²) in [6.07, 6.45) is 3.92. The van der Waals surface area contributed by atoms with E-state index in [4.69, 9.17) is 16.3 Å². The number of rotatable bonds is 11. The van der Waals surface area contributed by atoms with Gasteiger partial charge >= 0.3 is 0 Å². The Bertz CT molecular complexity index is 1470. The lowest BCUT2D eigenvalue weighted by molar-refractivity contribution is -0.139. The first kappa shape index (κ1) is 30.4. The van der Waals surface area contributed by atoms with Gasteiger partial charge in [0.2, 0.25) is 11.8 Å². The molecule has 1 aliphatic rings. The third-order valence-corrected chi connectivity index (χ3v) is 9.37. The smallest absolute Gasteiger partial charge is 0.264 e. The van der Waals surface area contributed by atoms with Crippen LogP contribution in [0.5, 0.6) is 5.75 Å². The number of anilines is 1. The molecule has 3 aromatic carbocycles. The molecular weight excluding hydrogens is 562 g/mol. The molecule has 2 amide bonds. The van der Waals surface area contributed by atoms with Crippen LogP contribution in [0.2, 0.25) is 5.02 Å². The molecule has 8 nitrogen and oxygen atoms in total.